The molecule has 2 aromatic rings. The molecular weight excluding hydrogens is 412 g/mol. The normalized spacial score (nSPS) is 13.6. The van der Waals surface area contributed by atoms with Crippen LogP contribution in [0.3, 0.4) is 0 Å². The molecule has 6 heteroatoms. The first-order chi connectivity index (χ1) is 15.1. The highest BCUT2D eigenvalue weighted by molar-refractivity contribution is 7.19. The lowest BCUT2D eigenvalue weighted by Gasteiger charge is -2.30. The van der Waals surface area contributed by atoms with Crippen LogP contribution in [0.2, 0.25) is 0 Å². The summed E-state index contributed by atoms with van der Waals surface area (Å²) in [5.74, 6) is -0.839. The van der Waals surface area contributed by atoms with Crippen LogP contribution in [0.4, 0.5) is 0 Å². The van der Waals surface area contributed by atoms with Crippen LogP contribution < -0.4 is 4.74 Å². The average molecular weight is 447 g/mol. The lowest BCUT2D eigenvalue weighted by atomic mass is 9.94. The Morgan fingerprint density at radius 1 is 0.968 bits per heavy atom. The molecule has 1 heterocycles. The Bertz CT molecular complexity index is 883. The maximum atomic E-state index is 13.0. The molecule has 0 N–H and O–H groups in total. The smallest absolute Gasteiger partial charge is 0.362 e. The van der Waals surface area contributed by atoms with Crippen molar-refractivity contribution in [3.05, 3.63) is 28.6 Å². The van der Waals surface area contributed by atoms with Crippen molar-refractivity contribution in [2.75, 3.05) is 13.2 Å². The molecule has 5 nitrogen and oxygen atoms in total. The first-order valence-corrected chi connectivity index (χ1v) is 12.4. The fourth-order valence-electron chi connectivity index (χ4n) is 4.23. The Balaban J connectivity index is 1.94. The summed E-state index contributed by atoms with van der Waals surface area (Å²) in [5.41, 5.74) is -0.330. The molecule has 0 spiro atoms. The molecule has 0 bridgehead atoms. The zero-order chi connectivity index (χ0) is 22.3. The summed E-state index contributed by atoms with van der Waals surface area (Å²) in [7, 11) is 0. The standard InChI is InChI=1S/C25H34O5S/c1-4-7-8-11-16-25(23(26)28-5-2,24(27)29-6-3)30-18-14-15-20-19-12-9-10-13-21(19)31-22(20)17-18/h14-15,17H,4-13,16H2,1-3H3. The minimum absolute atomic E-state index is 0.176. The molecule has 0 amide bonds. The number of hydrogen-bond donors (Lipinski definition) is 0. The van der Waals surface area contributed by atoms with E-state index in [-0.39, 0.29) is 19.6 Å². The molecule has 1 aliphatic rings. The maximum Gasteiger partial charge on any atom is 0.362 e. The predicted octanol–water partition coefficient (Wildman–Crippen LogP) is 5.99. The number of benzene rings is 1. The van der Waals surface area contributed by atoms with Gasteiger partial charge in [-0.05, 0) is 75.1 Å². The van der Waals surface area contributed by atoms with Gasteiger partial charge >= 0.3 is 17.5 Å². The van der Waals surface area contributed by atoms with Crippen molar-refractivity contribution in [2.24, 2.45) is 0 Å². The topological polar surface area (TPSA) is 61.8 Å². The van der Waals surface area contributed by atoms with Crippen LogP contribution in [0.1, 0.15) is 76.2 Å². The molecule has 0 aliphatic heterocycles. The van der Waals surface area contributed by atoms with Gasteiger partial charge in [-0.2, -0.15) is 0 Å². The van der Waals surface area contributed by atoms with Crippen LogP contribution in [0, 0.1) is 0 Å². The van der Waals surface area contributed by atoms with Crippen molar-refractivity contribution in [1.82, 2.24) is 0 Å². The lowest BCUT2D eigenvalue weighted by molar-refractivity contribution is -0.180. The summed E-state index contributed by atoms with van der Waals surface area (Å²) in [4.78, 5) is 27.5. The molecule has 0 saturated carbocycles. The van der Waals surface area contributed by atoms with E-state index in [2.05, 4.69) is 13.0 Å². The van der Waals surface area contributed by atoms with Crippen molar-refractivity contribution in [3.8, 4) is 5.75 Å². The molecule has 170 valence electrons. The fourth-order valence-corrected chi connectivity index (χ4v) is 5.55. The van der Waals surface area contributed by atoms with Crippen LogP contribution in [0.25, 0.3) is 10.1 Å². The molecule has 31 heavy (non-hydrogen) atoms. The number of hydrogen-bond acceptors (Lipinski definition) is 6. The third-order valence-electron chi connectivity index (χ3n) is 5.81. The quantitative estimate of drug-likeness (QED) is 0.241. The minimum atomic E-state index is -1.77. The third-order valence-corrected chi connectivity index (χ3v) is 7.07. The van der Waals surface area contributed by atoms with Gasteiger partial charge in [0.05, 0.1) is 13.2 Å². The molecule has 0 saturated heterocycles. The van der Waals surface area contributed by atoms with Crippen molar-refractivity contribution >= 4 is 33.4 Å². The number of fused-ring (bicyclic) bond motifs is 3. The van der Waals surface area contributed by atoms with E-state index >= 15 is 0 Å². The van der Waals surface area contributed by atoms with E-state index < -0.39 is 17.5 Å². The Kier molecular flexibility index (Phi) is 8.35. The number of carbonyl (C=O) groups excluding carboxylic acids is 2. The van der Waals surface area contributed by atoms with Crippen molar-refractivity contribution < 1.29 is 23.8 Å². The fraction of sp³-hybridized carbons (Fsp3) is 0.600. The van der Waals surface area contributed by atoms with Gasteiger partial charge in [-0.3, -0.25) is 0 Å². The second kappa shape index (κ2) is 11.0. The highest BCUT2D eigenvalue weighted by atomic mass is 32.1. The van der Waals surface area contributed by atoms with E-state index in [1.54, 1.807) is 25.2 Å². The summed E-state index contributed by atoms with van der Waals surface area (Å²) in [5, 5.41) is 1.26. The number of unbranched alkanes of at least 4 members (excludes halogenated alkanes) is 3. The summed E-state index contributed by atoms with van der Waals surface area (Å²) < 4.78 is 17.9. The summed E-state index contributed by atoms with van der Waals surface area (Å²) in [6.07, 6.45) is 8.63. The zero-order valence-electron chi connectivity index (χ0n) is 19.0. The summed E-state index contributed by atoms with van der Waals surface area (Å²) in [6.45, 7) is 5.93. The summed E-state index contributed by atoms with van der Waals surface area (Å²) >= 11 is 1.79. The van der Waals surface area contributed by atoms with E-state index in [9.17, 15) is 9.59 Å². The monoisotopic (exact) mass is 446 g/mol. The number of esters is 2. The Hall–Kier alpha value is -2.08. The highest BCUT2D eigenvalue weighted by Gasteiger charge is 2.51. The van der Waals surface area contributed by atoms with Crippen LogP contribution in [0.5, 0.6) is 5.75 Å². The minimum Gasteiger partial charge on any atom is -0.464 e. The second-order valence-electron chi connectivity index (χ2n) is 8.05. The number of rotatable bonds is 11. The van der Waals surface area contributed by atoms with Gasteiger partial charge in [0.1, 0.15) is 5.75 Å². The first kappa shape index (κ1) is 23.6. The lowest BCUT2D eigenvalue weighted by Crippen LogP contribution is -2.53. The Morgan fingerprint density at radius 2 is 1.68 bits per heavy atom. The molecule has 0 fully saturated rings. The zero-order valence-corrected chi connectivity index (χ0v) is 19.8. The SMILES string of the molecule is CCCCCCC(Oc1ccc2c3c(sc2c1)CCCC3)(C(=O)OCC)C(=O)OCC. The molecule has 0 atom stereocenters. The van der Waals surface area contributed by atoms with Gasteiger partial charge in [0.15, 0.2) is 0 Å². The highest BCUT2D eigenvalue weighted by Crippen LogP contribution is 2.39. The first-order valence-electron chi connectivity index (χ1n) is 11.6. The largest absolute Gasteiger partial charge is 0.464 e. The number of ether oxygens (including phenoxy) is 3. The Labute approximate surface area is 189 Å². The second-order valence-corrected chi connectivity index (χ2v) is 9.19. The molecule has 3 rings (SSSR count). The molecule has 1 aromatic carbocycles. The molecule has 1 aliphatic carbocycles. The maximum absolute atomic E-state index is 13.0. The molecule has 0 unspecified atom stereocenters. The van der Waals surface area contributed by atoms with Crippen LogP contribution in [-0.4, -0.2) is 30.8 Å². The molecular formula is C25H34O5S. The van der Waals surface area contributed by atoms with Crippen molar-refractivity contribution in [1.29, 1.82) is 0 Å². The van der Waals surface area contributed by atoms with Crippen LogP contribution in [0.15, 0.2) is 18.2 Å². The number of thiophene rings is 1. The molecule has 1 aromatic heterocycles. The van der Waals surface area contributed by atoms with Crippen LogP contribution >= 0.6 is 11.3 Å². The average Bonchev–Trinajstić information content (AvgIpc) is 3.14. The third kappa shape index (κ3) is 5.22. The van der Waals surface area contributed by atoms with E-state index in [0.29, 0.717) is 12.2 Å². The predicted molar refractivity (Wildman–Crippen MR) is 124 cm³/mol. The van der Waals surface area contributed by atoms with Crippen molar-refractivity contribution in [2.45, 2.75) is 84.2 Å². The Morgan fingerprint density at radius 3 is 2.35 bits per heavy atom. The van der Waals surface area contributed by atoms with Gasteiger partial charge in [0.2, 0.25) is 0 Å². The number of aryl methyl sites for hydroxylation is 2. The van der Waals surface area contributed by atoms with Gasteiger partial charge in [-0.1, -0.05) is 26.2 Å². The van der Waals surface area contributed by atoms with Crippen molar-refractivity contribution in [3.63, 3.8) is 0 Å². The number of carbonyl (C=O) groups is 2. The van der Waals surface area contributed by atoms with Gasteiger partial charge in [0.25, 0.3) is 0 Å². The van der Waals surface area contributed by atoms with E-state index in [1.807, 2.05) is 12.1 Å². The van der Waals surface area contributed by atoms with Gasteiger partial charge in [0, 0.05) is 16.0 Å². The van der Waals surface area contributed by atoms with E-state index in [4.69, 9.17) is 14.2 Å². The van der Waals surface area contributed by atoms with Crippen LogP contribution in [-0.2, 0) is 31.9 Å². The van der Waals surface area contributed by atoms with Gasteiger partial charge < -0.3 is 14.2 Å². The van der Waals surface area contributed by atoms with Gasteiger partial charge in [-0.15, -0.1) is 11.3 Å². The van der Waals surface area contributed by atoms with E-state index in [1.165, 1.54) is 28.7 Å². The van der Waals surface area contributed by atoms with Gasteiger partial charge in [-0.25, -0.2) is 9.59 Å². The molecule has 0 radical (unpaired) electrons. The van der Waals surface area contributed by atoms with E-state index in [0.717, 1.165) is 36.8 Å². The summed E-state index contributed by atoms with van der Waals surface area (Å²) in [6, 6.07) is 5.88.